The number of benzene rings is 1. The molecule has 0 N–H and O–H groups in total. The summed E-state index contributed by atoms with van der Waals surface area (Å²) in [6, 6.07) is 4.77. The summed E-state index contributed by atoms with van der Waals surface area (Å²) in [4.78, 5) is 10.8. The van der Waals surface area contributed by atoms with Gasteiger partial charge >= 0.3 is 0 Å². The highest BCUT2D eigenvalue weighted by molar-refractivity contribution is 6.65. The molecule has 6 heteroatoms. The second-order valence-corrected chi connectivity index (χ2v) is 5.17. The molecule has 0 aromatic heterocycles. The van der Waals surface area contributed by atoms with Crippen LogP contribution in [0.3, 0.4) is 0 Å². The van der Waals surface area contributed by atoms with Crippen LogP contribution in [0, 0.1) is 0 Å². The van der Waals surface area contributed by atoms with Gasteiger partial charge in [-0.3, -0.25) is 4.79 Å². The van der Waals surface area contributed by atoms with Gasteiger partial charge in [0.25, 0.3) is 0 Å². The quantitative estimate of drug-likeness (QED) is 0.692. The highest BCUT2D eigenvalue weighted by atomic mass is 35.5. The van der Waals surface area contributed by atoms with Gasteiger partial charge in [0.1, 0.15) is 4.49 Å². The summed E-state index contributed by atoms with van der Waals surface area (Å²) in [6.45, 7) is 0. The summed E-state index contributed by atoms with van der Waals surface area (Å²) in [5, 5.41) is 0.290. The summed E-state index contributed by atoms with van der Waals surface area (Å²) in [5.41, 5.74) is 0.972. The van der Waals surface area contributed by atoms with Crippen molar-refractivity contribution in [1.29, 1.82) is 0 Å². The summed E-state index contributed by atoms with van der Waals surface area (Å²) in [5.74, 6) is 0. The van der Waals surface area contributed by atoms with Crippen molar-refractivity contribution in [3.8, 4) is 0 Å². The van der Waals surface area contributed by atoms with Crippen LogP contribution in [-0.4, -0.2) is 5.24 Å². The Bertz CT molecular complexity index is 428. The molecule has 0 aliphatic heterocycles. The lowest BCUT2D eigenvalue weighted by atomic mass is 10.1. The van der Waals surface area contributed by atoms with E-state index in [0.717, 1.165) is 0 Å². The molecule has 0 bridgehead atoms. The maximum atomic E-state index is 10.8. The Morgan fingerprint density at radius 1 is 1.00 bits per heavy atom. The standard InChI is InChI=1S/C10H5Cl5O/c11-6-1-5(2-7(12)3-6)8(10(14)15)4-9(13)16/h1-3H,4H2. The zero-order chi connectivity index (χ0) is 12.3. The Balaban J connectivity index is 3.22. The van der Waals surface area contributed by atoms with Crippen molar-refractivity contribution >= 4 is 68.8 Å². The van der Waals surface area contributed by atoms with Crippen molar-refractivity contribution in [2.75, 3.05) is 0 Å². The predicted molar refractivity (Wildman–Crippen MR) is 70.6 cm³/mol. The van der Waals surface area contributed by atoms with E-state index in [0.29, 0.717) is 21.2 Å². The summed E-state index contributed by atoms with van der Waals surface area (Å²) < 4.78 is -0.0349. The number of carbonyl (C=O) groups is 1. The average molecular weight is 318 g/mol. The minimum Gasteiger partial charge on any atom is -0.281 e. The number of halogens is 5. The van der Waals surface area contributed by atoms with E-state index in [9.17, 15) is 4.79 Å². The van der Waals surface area contributed by atoms with Gasteiger partial charge in [0.15, 0.2) is 0 Å². The molecule has 1 aromatic carbocycles. The van der Waals surface area contributed by atoms with Crippen molar-refractivity contribution in [1.82, 2.24) is 0 Å². The van der Waals surface area contributed by atoms with Crippen LogP contribution >= 0.6 is 58.0 Å². The van der Waals surface area contributed by atoms with Crippen LogP contribution in [0.1, 0.15) is 12.0 Å². The van der Waals surface area contributed by atoms with Crippen molar-refractivity contribution in [2.24, 2.45) is 0 Å². The highest BCUT2D eigenvalue weighted by Crippen LogP contribution is 2.31. The number of hydrogen-bond acceptors (Lipinski definition) is 1. The Morgan fingerprint density at radius 2 is 1.50 bits per heavy atom. The van der Waals surface area contributed by atoms with Gasteiger partial charge in [0, 0.05) is 16.5 Å². The first kappa shape index (κ1) is 14.1. The van der Waals surface area contributed by atoms with Gasteiger partial charge in [-0.15, -0.1) is 0 Å². The first-order valence-electron chi connectivity index (χ1n) is 4.09. The molecule has 16 heavy (non-hydrogen) atoms. The molecule has 1 aromatic rings. The van der Waals surface area contributed by atoms with E-state index in [1.807, 2.05) is 0 Å². The molecular weight excluding hydrogens is 313 g/mol. The van der Waals surface area contributed by atoms with E-state index in [1.54, 1.807) is 18.2 Å². The summed E-state index contributed by atoms with van der Waals surface area (Å²) >= 11 is 28.3. The van der Waals surface area contributed by atoms with Crippen LogP contribution in [0.25, 0.3) is 5.57 Å². The Hall–Kier alpha value is 0.0800. The zero-order valence-corrected chi connectivity index (χ0v) is 11.5. The molecule has 0 unspecified atom stereocenters. The lowest BCUT2D eigenvalue weighted by Crippen LogP contribution is -1.92. The summed E-state index contributed by atoms with van der Waals surface area (Å²) in [6.07, 6.45) is -0.0828. The minimum atomic E-state index is -0.565. The molecule has 0 atom stereocenters. The smallest absolute Gasteiger partial charge is 0.226 e. The van der Waals surface area contributed by atoms with Crippen LogP contribution in [0.5, 0.6) is 0 Å². The van der Waals surface area contributed by atoms with Gasteiger partial charge in [-0.05, 0) is 40.9 Å². The monoisotopic (exact) mass is 316 g/mol. The van der Waals surface area contributed by atoms with E-state index in [1.165, 1.54) is 0 Å². The molecule has 0 spiro atoms. The number of rotatable bonds is 3. The normalized spacial score (nSPS) is 10.1. The van der Waals surface area contributed by atoms with Gasteiger partial charge in [-0.2, -0.15) is 0 Å². The third-order valence-corrected chi connectivity index (χ3v) is 2.78. The largest absolute Gasteiger partial charge is 0.281 e. The Labute approximate surface area is 118 Å². The molecular formula is C10H5Cl5O. The van der Waals surface area contributed by atoms with Crippen molar-refractivity contribution in [2.45, 2.75) is 6.42 Å². The fraction of sp³-hybridized carbons (Fsp3) is 0.100. The molecule has 0 saturated heterocycles. The van der Waals surface area contributed by atoms with Crippen LogP contribution in [0.2, 0.25) is 10.0 Å². The lowest BCUT2D eigenvalue weighted by Gasteiger charge is -2.07. The van der Waals surface area contributed by atoms with Crippen molar-refractivity contribution in [3.63, 3.8) is 0 Å². The molecule has 1 nitrogen and oxygen atoms in total. The van der Waals surface area contributed by atoms with E-state index in [2.05, 4.69) is 0 Å². The number of hydrogen-bond donors (Lipinski definition) is 0. The second kappa shape index (κ2) is 6.13. The first-order chi connectivity index (χ1) is 7.40. The molecule has 1 rings (SSSR count). The average Bonchev–Trinajstić information content (AvgIpc) is 2.11. The van der Waals surface area contributed by atoms with Crippen molar-refractivity contribution in [3.05, 3.63) is 38.3 Å². The van der Waals surface area contributed by atoms with Crippen LogP contribution in [-0.2, 0) is 4.79 Å². The second-order valence-electron chi connectivity index (χ2n) is 2.93. The molecule has 0 radical (unpaired) electrons. The van der Waals surface area contributed by atoms with Crippen LogP contribution in [0.15, 0.2) is 22.7 Å². The topological polar surface area (TPSA) is 17.1 Å². The van der Waals surface area contributed by atoms with Gasteiger partial charge in [0.05, 0.1) is 0 Å². The van der Waals surface area contributed by atoms with Crippen LogP contribution in [0.4, 0.5) is 0 Å². The molecule has 0 saturated carbocycles. The number of carbonyl (C=O) groups excluding carboxylic acids is 1. The Kier molecular flexibility index (Phi) is 5.42. The van der Waals surface area contributed by atoms with Gasteiger partial charge < -0.3 is 0 Å². The predicted octanol–water partition coefficient (Wildman–Crippen LogP) is 5.30. The molecule has 86 valence electrons. The molecule has 0 heterocycles. The minimum absolute atomic E-state index is 0.0349. The maximum Gasteiger partial charge on any atom is 0.226 e. The highest BCUT2D eigenvalue weighted by Gasteiger charge is 2.11. The zero-order valence-electron chi connectivity index (χ0n) is 7.74. The van der Waals surface area contributed by atoms with E-state index >= 15 is 0 Å². The van der Waals surface area contributed by atoms with E-state index < -0.39 is 5.24 Å². The molecule has 0 amide bonds. The third kappa shape index (κ3) is 4.15. The molecule has 0 aliphatic rings. The SMILES string of the molecule is O=C(Cl)CC(=C(Cl)Cl)c1cc(Cl)cc(Cl)c1. The Morgan fingerprint density at radius 3 is 1.88 bits per heavy atom. The first-order valence-corrected chi connectivity index (χ1v) is 5.98. The van der Waals surface area contributed by atoms with Gasteiger partial charge in [-0.1, -0.05) is 46.4 Å². The lowest BCUT2D eigenvalue weighted by molar-refractivity contribution is -0.110. The van der Waals surface area contributed by atoms with Crippen molar-refractivity contribution < 1.29 is 4.79 Å². The third-order valence-electron chi connectivity index (χ3n) is 1.75. The number of allylic oxidation sites excluding steroid dienone is 1. The fourth-order valence-electron chi connectivity index (χ4n) is 1.15. The fourth-order valence-corrected chi connectivity index (χ4v) is 2.16. The molecule has 0 fully saturated rings. The summed E-state index contributed by atoms with van der Waals surface area (Å²) in [7, 11) is 0. The van der Waals surface area contributed by atoms with Gasteiger partial charge in [-0.25, -0.2) is 0 Å². The van der Waals surface area contributed by atoms with E-state index in [4.69, 9.17) is 58.0 Å². The molecule has 0 aliphatic carbocycles. The van der Waals surface area contributed by atoms with Gasteiger partial charge in [0.2, 0.25) is 5.24 Å². The van der Waals surface area contributed by atoms with Crippen LogP contribution < -0.4 is 0 Å². The van der Waals surface area contributed by atoms with E-state index in [-0.39, 0.29) is 10.9 Å². The maximum absolute atomic E-state index is 10.8.